The monoisotopic (exact) mass is 515 g/mol. The quantitative estimate of drug-likeness (QED) is 0.179. The van der Waals surface area contributed by atoms with E-state index in [1.165, 1.54) is 0 Å². The van der Waals surface area contributed by atoms with Crippen LogP contribution in [0.25, 0.3) is 10.8 Å². The average molecular weight is 516 g/mol. The van der Waals surface area contributed by atoms with Gasteiger partial charge in [-0.2, -0.15) is 0 Å². The van der Waals surface area contributed by atoms with Gasteiger partial charge in [-0.05, 0) is 33.4 Å². The first kappa shape index (κ1) is 26.8. The summed E-state index contributed by atoms with van der Waals surface area (Å²) >= 11 is 0. The number of nitrogens with one attached hydrogen (secondary N) is 4. The second-order valence-corrected chi connectivity index (χ2v) is 10.1. The number of carbonyl (C=O) groups is 3. The normalized spacial score (nSPS) is 14.6. The number of hydrogen-bond donors (Lipinski definition) is 6. The number of nitrogen functional groups attached to an aromatic ring is 1. The second-order valence-electron chi connectivity index (χ2n) is 10.1. The van der Waals surface area contributed by atoms with Crippen molar-refractivity contribution in [3.05, 3.63) is 82.9 Å². The SMILES string of the molecule is CC(C)[C@@H](NCC(=O)O)C(=O)NC1(C(=O)NCc2ccc(C(=N)N)cc2)Cc2cccc3cccc(c23)C1. The van der Waals surface area contributed by atoms with Gasteiger partial charge in [-0.1, -0.05) is 74.5 Å². The second kappa shape index (κ2) is 11.0. The molecule has 3 aromatic carbocycles. The number of nitrogens with two attached hydrogens (primary N) is 1. The van der Waals surface area contributed by atoms with Crippen molar-refractivity contribution < 1.29 is 19.5 Å². The Kier molecular flexibility index (Phi) is 7.78. The van der Waals surface area contributed by atoms with Crippen molar-refractivity contribution in [2.24, 2.45) is 11.7 Å². The van der Waals surface area contributed by atoms with Gasteiger partial charge in [-0.3, -0.25) is 25.1 Å². The van der Waals surface area contributed by atoms with Crippen LogP contribution in [0.15, 0.2) is 60.7 Å². The molecule has 4 rings (SSSR count). The molecule has 0 fully saturated rings. The predicted molar refractivity (Wildman–Crippen MR) is 146 cm³/mol. The fourth-order valence-electron chi connectivity index (χ4n) is 5.11. The molecule has 198 valence electrons. The van der Waals surface area contributed by atoms with Crippen LogP contribution in [0.1, 0.15) is 36.1 Å². The molecule has 7 N–H and O–H groups in total. The lowest BCUT2D eigenvalue weighted by molar-refractivity contribution is -0.137. The van der Waals surface area contributed by atoms with Crippen molar-refractivity contribution >= 4 is 34.4 Å². The number of amidine groups is 1. The summed E-state index contributed by atoms with van der Waals surface area (Å²) in [6, 6.07) is 18.1. The Morgan fingerprint density at radius 1 is 1.00 bits per heavy atom. The van der Waals surface area contributed by atoms with Crippen LogP contribution >= 0.6 is 0 Å². The third kappa shape index (κ3) is 5.68. The average Bonchev–Trinajstić information content (AvgIpc) is 2.87. The summed E-state index contributed by atoms with van der Waals surface area (Å²) in [5, 5.41) is 27.7. The molecule has 0 saturated carbocycles. The molecule has 0 unspecified atom stereocenters. The zero-order chi connectivity index (χ0) is 27.4. The largest absolute Gasteiger partial charge is 0.480 e. The summed E-state index contributed by atoms with van der Waals surface area (Å²) in [5.74, 6) is -2.05. The number of carboxylic acid groups (broad SMARTS) is 1. The van der Waals surface area contributed by atoms with Crippen molar-refractivity contribution in [3.8, 4) is 0 Å². The van der Waals surface area contributed by atoms with E-state index in [-0.39, 0.29) is 30.8 Å². The van der Waals surface area contributed by atoms with Gasteiger partial charge in [-0.15, -0.1) is 0 Å². The first-order valence-electron chi connectivity index (χ1n) is 12.6. The van der Waals surface area contributed by atoms with Crippen LogP contribution in [-0.4, -0.2) is 46.9 Å². The zero-order valence-electron chi connectivity index (χ0n) is 21.5. The Balaban J connectivity index is 1.64. The molecule has 3 aromatic rings. The van der Waals surface area contributed by atoms with Gasteiger partial charge in [0, 0.05) is 24.9 Å². The molecule has 1 atom stereocenters. The number of hydrogen-bond acceptors (Lipinski definition) is 5. The van der Waals surface area contributed by atoms with E-state index in [1.54, 1.807) is 24.3 Å². The summed E-state index contributed by atoms with van der Waals surface area (Å²) in [6.45, 7) is 3.51. The van der Waals surface area contributed by atoms with Gasteiger partial charge >= 0.3 is 5.97 Å². The van der Waals surface area contributed by atoms with E-state index in [0.717, 1.165) is 27.5 Å². The van der Waals surface area contributed by atoms with Gasteiger partial charge in [0.15, 0.2) is 0 Å². The van der Waals surface area contributed by atoms with Gasteiger partial charge in [0.25, 0.3) is 0 Å². The molecular formula is C29H33N5O4. The van der Waals surface area contributed by atoms with Crippen LogP contribution < -0.4 is 21.7 Å². The van der Waals surface area contributed by atoms with Gasteiger partial charge in [-0.25, -0.2) is 0 Å². The summed E-state index contributed by atoms with van der Waals surface area (Å²) < 4.78 is 0. The number of benzene rings is 3. The molecular weight excluding hydrogens is 482 g/mol. The summed E-state index contributed by atoms with van der Waals surface area (Å²) in [7, 11) is 0. The molecule has 0 bridgehead atoms. The molecule has 0 aliphatic heterocycles. The number of aliphatic carboxylic acids is 1. The first-order valence-corrected chi connectivity index (χ1v) is 12.6. The van der Waals surface area contributed by atoms with Crippen LogP contribution in [-0.2, 0) is 33.8 Å². The third-order valence-electron chi connectivity index (χ3n) is 7.00. The Hall–Kier alpha value is -4.24. The minimum atomic E-state index is -1.27. The van der Waals surface area contributed by atoms with Crippen molar-refractivity contribution in [3.63, 3.8) is 0 Å². The summed E-state index contributed by atoms with van der Waals surface area (Å²) in [5.41, 5.74) is 7.61. The maximum absolute atomic E-state index is 13.9. The fourth-order valence-corrected chi connectivity index (χ4v) is 5.11. The van der Waals surface area contributed by atoms with Gasteiger partial charge in [0.2, 0.25) is 11.8 Å². The molecule has 9 nitrogen and oxygen atoms in total. The highest BCUT2D eigenvalue weighted by Gasteiger charge is 2.44. The maximum atomic E-state index is 13.9. The van der Waals surface area contributed by atoms with Crippen molar-refractivity contribution in [1.29, 1.82) is 5.41 Å². The summed E-state index contributed by atoms with van der Waals surface area (Å²) in [4.78, 5) is 38.6. The molecule has 0 heterocycles. The number of carbonyl (C=O) groups excluding carboxylic acids is 2. The highest BCUT2D eigenvalue weighted by atomic mass is 16.4. The van der Waals surface area contributed by atoms with Crippen molar-refractivity contribution in [2.45, 2.75) is 44.8 Å². The molecule has 2 amide bonds. The molecule has 38 heavy (non-hydrogen) atoms. The summed E-state index contributed by atoms with van der Waals surface area (Å²) in [6.07, 6.45) is 0.595. The zero-order valence-corrected chi connectivity index (χ0v) is 21.5. The topological polar surface area (TPSA) is 157 Å². The maximum Gasteiger partial charge on any atom is 0.317 e. The molecule has 0 aromatic heterocycles. The number of rotatable bonds is 10. The standard InChI is InChI=1S/C29H33N5O4/c1-17(2)25(32-16-23(35)36)27(37)34-29(28(38)33-15-18-9-11-20(12-10-18)26(30)31)13-21-7-3-5-19-6-4-8-22(14-29)24(19)21/h3-12,17,25,32H,13-16H2,1-2H3,(H3,30,31)(H,33,38)(H,34,37)(H,35,36)/t25-/m1/s1. The van der Waals surface area contributed by atoms with Crippen LogP contribution in [0, 0.1) is 11.3 Å². The Labute approximate surface area is 221 Å². The third-order valence-corrected chi connectivity index (χ3v) is 7.00. The minimum Gasteiger partial charge on any atom is -0.480 e. The molecule has 0 radical (unpaired) electrons. The van der Waals surface area contributed by atoms with Crippen molar-refractivity contribution in [1.82, 2.24) is 16.0 Å². The predicted octanol–water partition coefficient (Wildman–Crippen LogP) is 2.09. The Morgan fingerprint density at radius 2 is 1.61 bits per heavy atom. The lowest BCUT2D eigenvalue weighted by Gasteiger charge is -2.39. The molecule has 0 spiro atoms. The van der Waals surface area contributed by atoms with E-state index in [4.69, 9.17) is 16.2 Å². The molecule has 1 aliphatic rings. The van der Waals surface area contributed by atoms with Gasteiger partial charge < -0.3 is 21.5 Å². The highest BCUT2D eigenvalue weighted by Crippen LogP contribution is 2.35. The van der Waals surface area contributed by atoms with E-state index in [9.17, 15) is 14.4 Å². The minimum absolute atomic E-state index is 0.0338. The van der Waals surface area contributed by atoms with E-state index >= 15 is 0 Å². The number of carboxylic acids is 1. The molecule has 0 saturated heterocycles. The smallest absolute Gasteiger partial charge is 0.317 e. The van der Waals surface area contributed by atoms with Crippen LogP contribution in [0.5, 0.6) is 0 Å². The molecule has 9 heteroatoms. The van der Waals surface area contributed by atoms with Crippen molar-refractivity contribution in [2.75, 3.05) is 6.54 Å². The van der Waals surface area contributed by atoms with Crippen LogP contribution in [0.2, 0.25) is 0 Å². The number of amides is 2. The molecule has 1 aliphatic carbocycles. The van der Waals surface area contributed by atoms with E-state index < -0.39 is 23.5 Å². The van der Waals surface area contributed by atoms with Gasteiger partial charge in [0.1, 0.15) is 11.4 Å². The highest BCUT2D eigenvalue weighted by molar-refractivity contribution is 5.98. The Bertz CT molecular complexity index is 1340. The van der Waals surface area contributed by atoms with Crippen LogP contribution in [0.4, 0.5) is 0 Å². The first-order chi connectivity index (χ1) is 18.1. The fraction of sp³-hybridized carbons (Fsp3) is 0.310. The van der Waals surface area contributed by atoms with E-state index in [2.05, 4.69) is 16.0 Å². The van der Waals surface area contributed by atoms with Crippen LogP contribution in [0.3, 0.4) is 0 Å². The van der Waals surface area contributed by atoms with E-state index in [0.29, 0.717) is 18.4 Å². The lowest BCUT2D eigenvalue weighted by atomic mass is 9.75. The Morgan fingerprint density at radius 3 is 2.13 bits per heavy atom. The van der Waals surface area contributed by atoms with Gasteiger partial charge in [0.05, 0.1) is 12.6 Å². The lowest BCUT2D eigenvalue weighted by Crippen LogP contribution is -2.65. The van der Waals surface area contributed by atoms with E-state index in [1.807, 2.05) is 50.2 Å².